The maximum absolute atomic E-state index is 5.90. The Hall–Kier alpha value is -0.730. The highest BCUT2D eigenvalue weighted by Crippen LogP contribution is 2.26. The number of nitrogens with zero attached hydrogens (tertiary/aromatic N) is 1. The number of rotatable bonds is 4. The molecular formula is C12H16Cl2N2. The third kappa shape index (κ3) is 3.69. The molecule has 1 atom stereocenters. The van der Waals surface area contributed by atoms with E-state index in [1.54, 1.807) is 18.2 Å². The molecule has 16 heavy (non-hydrogen) atoms. The average molecular weight is 259 g/mol. The van der Waals surface area contributed by atoms with Crippen LogP contribution in [0.5, 0.6) is 0 Å². The first-order chi connectivity index (χ1) is 7.54. The topological polar surface area (TPSA) is 38.4 Å². The number of amidine groups is 1. The minimum absolute atomic E-state index is 0.291. The Kier molecular flexibility index (Phi) is 5.10. The van der Waals surface area contributed by atoms with Crippen molar-refractivity contribution >= 4 is 34.7 Å². The largest absolute Gasteiger partial charge is 0.387 e. The van der Waals surface area contributed by atoms with Crippen LogP contribution in [-0.4, -0.2) is 5.84 Å². The molecule has 0 heterocycles. The molecule has 0 amide bonds. The van der Waals surface area contributed by atoms with Gasteiger partial charge in [-0.2, -0.15) is 0 Å². The molecule has 1 aromatic rings. The van der Waals surface area contributed by atoms with Crippen molar-refractivity contribution in [2.24, 2.45) is 16.6 Å². The molecule has 1 unspecified atom stereocenters. The first-order valence-corrected chi connectivity index (χ1v) is 6.09. The summed E-state index contributed by atoms with van der Waals surface area (Å²) < 4.78 is 0. The van der Waals surface area contributed by atoms with E-state index in [2.05, 4.69) is 18.8 Å². The van der Waals surface area contributed by atoms with Gasteiger partial charge >= 0.3 is 0 Å². The van der Waals surface area contributed by atoms with E-state index in [0.29, 0.717) is 21.8 Å². The maximum atomic E-state index is 5.90. The minimum atomic E-state index is 0.291. The molecule has 88 valence electrons. The van der Waals surface area contributed by atoms with Crippen molar-refractivity contribution in [1.82, 2.24) is 0 Å². The van der Waals surface area contributed by atoms with E-state index in [9.17, 15) is 0 Å². The summed E-state index contributed by atoms with van der Waals surface area (Å²) in [6.07, 6.45) is 2.13. The summed E-state index contributed by atoms with van der Waals surface area (Å²) in [5.74, 6) is 0.930. The summed E-state index contributed by atoms with van der Waals surface area (Å²) in [4.78, 5) is 4.33. The molecule has 4 heteroatoms. The van der Waals surface area contributed by atoms with E-state index < -0.39 is 0 Å². The molecule has 1 rings (SSSR count). The van der Waals surface area contributed by atoms with Crippen LogP contribution in [0.15, 0.2) is 23.2 Å². The molecular weight excluding hydrogens is 243 g/mol. The van der Waals surface area contributed by atoms with Crippen LogP contribution >= 0.6 is 23.2 Å². The van der Waals surface area contributed by atoms with Gasteiger partial charge < -0.3 is 5.73 Å². The van der Waals surface area contributed by atoms with E-state index >= 15 is 0 Å². The first kappa shape index (κ1) is 13.3. The van der Waals surface area contributed by atoms with Crippen LogP contribution in [0.2, 0.25) is 10.0 Å². The van der Waals surface area contributed by atoms with Crippen molar-refractivity contribution in [2.75, 3.05) is 0 Å². The third-order valence-electron chi connectivity index (χ3n) is 2.39. The lowest BCUT2D eigenvalue weighted by Gasteiger charge is -2.09. The van der Waals surface area contributed by atoms with Crippen LogP contribution in [-0.2, 0) is 0 Å². The standard InChI is InChI=1S/C12H16Cl2N2/c1-3-4-8(2)12(15)16-9-5-6-10(13)11(14)7-9/h5-8H,3-4H2,1-2H3,(H2,15,16). The molecule has 0 saturated carbocycles. The van der Waals surface area contributed by atoms with Crippen LogP contribution < -0.4 is 5.73 Å². The SMILES string of the molecule is CCCC(C)C(N)=Nc1ccc(Cl)c(Cl)c1. The van der Waals surface area contributed by atoms with E-state index in [1.165, 1.54) is 0 Å². The molecule has 0 aliphatic heterocycles. The molecule has 0 aromatic heterocycles. The summed E-state index contributed by atoms with van der Waals surface area (Å²) in [5, 5.41) is 1.03. The van der Waals surface area contributed by atoms with E-state index in [4.69, 9.17) is 28.9 Å². The van der Waals surface area contributed by atoms with E-state index in [1.807, 2.05) is 0 Å². The maximum Gasteiger partial charge on any atom is 0.102 e. The summed E-state index contributed by atoms with van der Waals surface area (Å²) >= 11 is 11.7. The van der Waals surface area contributed by atoms with Crippen molar-refractivity contribution in [3.8, 4) is 0 Å². The molecule has 0 aliphatic carbocycles. The number of hydrogen-bond donors (Lipinski definition) is 1. The number of hydrogen-bond acceptors (Lipinski definition) is 1. The van der Waals surface area contributed by atoms with Crippen LogP contribution in [0.4, 0.5) is 5.69 Å². The second-order valence-electron chi connectivity index (χ2n) is 3.82. The molecule has 0 saturated heterocycles. The lowest BCUT2D eigenvalue weighted by Crippen LogP contribution is -2.20. The lowest BCUT2D eigenvalue weighted by atomic mass is 10.1. The summed E-state index contributed by atoms with van der Waals surface area (Å²) in [5.41, 5.74) is 6.64. The highest BCUT2D eigenvalue weighted by molar-refractivity contribution is 6.42. The molecule has 2 N–H and O–H groups in total. The summed E-state index contributed by atoms with van der Waals surface area (Å²) in [6.45, 7) is 4.20. The minimum Gasteiger partial charge on any atom is -0.387 e. The predicted octanol–water partition coefficient (Wildman–Crippen LogP) is 4.42. The van der Waals surface area contributed by atoms with Crippen LogP contribution in [0, 0.1) is 5.92 Å². The Bertz CT molecular complexity index is 389. The fraction of sp³-hybridized carbons (Fsp3) is 0.417. The van der Waals surface area contributed by atoms with E-state index in [0.717, 1.165) is 18.5 Å². The Balaban J connectivity index is 2.85. The van der Waals surface area contributed by atoms with Gasteiger partial charge in [0, 0.05) is 5.92 Å². The highest BCUT2D eigenvalue weighted by atomic mass is 35.5. The van der Waals surface area contributed by atoms with Crippen LogP contribution in [0.25, 0.3) is 0 Å². The van der Waals surface area contributed by atoms with Gasteiger partial charge in [0.05, 0.1) is 15.7 Å². The van der Waals surface area contributed by atoms with Gasteiger partial charge in [-0.25, -0.2) is 4.99 Å². The molecule has 1 aromatic carbocycles. The molecule has 0 radical (unpaired) electrons. The molecule has 0 bridgehead atoms. The van der Waals surface area contributed by atoms with Gasteiger partial charge in [-0.3, -0.25) is 0 Å². The normalized spacial score (nSPS) is 13.9. The Morgan fingerprint density at radius 1 is 1.38 bits per heavy atom. The second kappa shape index (κ2) is 6.12. The fourth-order valence-electron chi connectivity index (χ4n) is 1.39. The average Bonchev–Trinajstić information content (AvgIpc) is 2.24. The number of nitrogens with two attached hydrogens (primary N) is 1. The molecule has 0 fully saturated rings. The third-order valence-corrected chi connectivity index (χ3v) is 3.13. The van der Waals surface area contributed by atoms with Crippen molar-refractivity contribution < 1.29 is 0 Å². The Labute approximate surface area is 106 Å². The van der Waals surface area contributed by atoms with Gasteiger partial charge in [0.15, 0.2) is 0 Å². The van der Waals surface area contributed by atoms with Gasteiger partial charge in [0.25, 0.3) is 0 Å². The Morgan fingerprint density at radius 3 is 2.62 bits per heavy atom. The molecule has 0 aliphatic rings. The summed E-state index contributed by atoms with van der Waals surface area (Å²) in [7, 11) is 0. The fourth-order valence-corrected chi connectivity index (χ4v) is 1.69. The van der Waals surface area contributed by atoms with E-state index in [-0.39, 0.29) is 0 Å². The smallest absolute Gasteiger partial charge is 0.102 e. The van der Waals surface area contributed by atoms with Crippen LogP contribution in [0.3, 0.4) is 0 Å². The monoisotopic (exact) mass is 258 g/mol. The van der Waals surface area contributed by atoms with Gasteiger partial charge in [0.2, 0.25) is 0 Å². The number of halogens is 2. The number of aliphatic imine (C=N–C) groups is 1. The molecule has 0 spiro atoms. The lowest BCUT2D eigenvalue weighted by molar-refractivity contribution is 0.662. The highest BCUT2D eigenvalue weighted by Gasteiger charge is 2.06. The van der Waals surface area contributed by atoms with Gasteiger partial charge in [-0.15, -0.1) is 0 Å². The van der Waals surface area contributed by atoms with Gasteiger partial charge in [0.1, 0.15) is 5.84 Å². The predicted molar refractivity (Wildman–Crippen MR) is 71.8 cm³/mol. The Morgan fingerprint density at radius 2 is 2.06 bits per heavy atom. The van der Waals surface area contributed by atoms with Crippen molar-refractivity contribution in [2.45, 2.75) is 26.7 Å². The van der Waals surface area contributed by atoms with Crippen molar-refractivity contribution in [3.63, 3.8) is 0 Å². The zero-order valence-electron chi connectivity index (χ0n) is 9.50. The zero-order chi connectivity index (χ0) is 12.1. The second-order valence-corrected chi connectivity index (χ2v) is 4.64. The zero-order valence-corrected chi connectivity index (χ0v) is 11.0. The number of benzene rings is 1. The van der Waals surface area contributed by atoms with Crippen molar-refractivity contribution in [1.29, 1.82) is 0 Å². The first-order valence-electron chi connectivity index (χ1n) is 5.33. The van der Waals surface area contributed by atoms with Crippen molar-refractivity contribution in [3.05, 3.63) is 28.2 Å². The van der Waals surface area contributed by atoms with Gasteiger partial charge in [-0.05, 0) is 24.6 Å². The quantitative estimate of drug-likeness (QED) is 0.630. The van der Waals surface area contributed by atoms with Crippen LogP contribution in [0.1, 0.15) is 26.7 Å². The summed E-state index contributed by atoms with van der Waals surface area (Å²) in [6, 6.07) is 5.25. The molecule has 2 nitrogen and oxygen atoms in total. The van der Waals surface area contributed by atoms with Gasteiger partial charge in [-0.1, -0.05) is 43.5 Å².